The molecular weight excluding hydrogens is 432 g/mol. The Morgan fingerprint density at radius 1 is 1.12 bits per heavy atom. The molecule has 3 aromatic rings. The van der Waals surface area contributed by atoms with Crippen LogP contribution in [0, 0.1) is 0 Å². The van der Waals surface area contributed by atoms with Crippen molar-refractivity contribution in [3.05, 3.63) is 67.2 Å². The van der Waals surface area contributed by atoms with Crippen LogP contribution in [0.25, 0.3) is 10.2 Å². The minimum Gasteiger partial charge on any atom is -0.465 e. The van der Waals surface area contributed by atoms with E-state index in [4.69, 9.17) is 9.47 Å². The maximum absolute atomic E-state index is 13.4. The van der Waals surface area contributed by atoms with Gasteiger partial charge in [-0.1, -0.05) is 30.3 Å². The molecule has 0 atom stereocenters. The van der Waals surface area contributed by atoms with E-state index in [9.17, 15) is 19.2 Å². The highest BCUT2D eigenvalue weighted by Crippen LogP contribution is 2.37. The van der Waals surface area contributed by atoms with Crippen LogP contribution in [0.1, 0.15) is 41.6 Å². The maximum Gasteiger partial charge on any atom is 0.333 e. The molecule has 0 N–H and O–H groups in total. The quantitative estimate of drug-likeness (QED) is 0.418. The molecule has 0 aliphatic carbocycles. The van der Waals surface area contributed by atoms with Crippen molar-refractivity contribution in [3.8, 4) is 0 Å². The fraction of sp³-hybridized carbons (Fsp3) is 0.391. The summed E-state index contributed by atoms with van der Waals surface area (Å²) in [6.07, 6.45) is 0.488. The van der Waals surface area contributed by atoms with Crippen LogP contribution in [0.15, 0.2) is 39.9 Å². The fourth-order valence-electron chi connectivity index (χ4n) is 3.88. The lowest BCUT2D eigenvalue weighted by Crippen LogP contribution is -2.43. The standard InChI is InChI=1S/C23H24N2O6S/c1-4-30-18(27)12-24-20(28)19-15-10-23(2,3)31-13-17(15)32-21(19)25(22(24)29)11-16(26)14-8-6-5-7-9-14/h5-9H,4,10-13H2,1-3H3. The van der Waals surface area contributed by atoms with Gasteiger partial charge >= 0.3 is 11.7 Å². The Balaban J connectivity index is 1.92. The molecule has 2 aromatic heterocycles. The van der Waals surface area contributed by atoms with Gasteiger partial charge in [-0.15, -0.1) is 11.3 Å². The molecule has 0 unspecified atom stereocenters. The SMILES string of the molecule is CCOC(=O)Cn1c(=O)c2c3c(sc2n(CC(=O)c2ccccc2)c1=O)COC(C)(C)C3. The molecule has 32 heavy (non-hydrogen) atoms. The number of nitrogens with zero attached hydrogens (tertiary/aromatic N) is 2. The maximum atomic E-state index is 13.4. The monoisotopic (exact) mass is 456 g/mol. The molecule has 0 bridgehead atoms. The zero-order valence-corrected chi connectivity index (χ0v) is 19.0. The lowest BCUT2D eigenvalue weighted by molar-refractivity contribution is -0.143. The number of carbonyl (C=O) groups is 2. The number of hydrogen-bond acceptors (Lipinski definition) is 7. The van der Waals surface area contributed by atoms with Gasteiger partial charge in [-0.25, -0.2) is 9.36 Å². The zero-order chi connectivity index (χ0) is 23.0. The highest BCUT2D eigenvalue weighted by molar-refractivity contribution is 7.18. The van der Waals surface area contributed by atoms with Gasteiger partial charge in [0.25, 0.3) is 5.56 Å². The summed E-state index contributed by atoms with van der Waals surface area (Å²) in [5.74, 6) is -0.946. The zero-order valence-electron chi connectivity index (χ0n) is 18.2. The van der Waals surface area contributed by atoms with Crippen LogP contribution in [-0.2, 0) is 40.4 Å². The van der Waals surface area contributed by atoms with E-state index in [2.05, 4.69) is 0 Å². The second-order valence-electron chi connectivity index (χ2n) is 8.26. The molecular formula is C23H24N2O6S. The first-order valence-corrected chi connectivity index (χ1v) is 11.2. The van der Waals surface area contributed by atoms with Crippen molar-refractivity contribution in [2.45, 2.75) is 52.5 Å². The molecule has 0 saturated carbocycles. The molecule has 0 saturated heterocycles. The van der Waals surface area contributed by atoms with Crippen molar-refractivity contribution < 1.29 is 19.1 Å². The van der Waals surface area contributed by atoms with Crippen LogP contribution < -0.4 is 11.2 Å². The van der Waals surface area contributed by atoms with E-state index in [1.165, 1.54) is 15.9 Å². The number of ether oxygens (including phenoxy) is 2. The molecule has 1 aliphatic rings. The van der Waals surface area contributed by atoms with E-state index < -0.39 is 29.4 Å². The Morgan fingerprint density at radius 2 is 1.84 bits per heavy atom. The minimum absolute atomic E-state index is 0.135. The number of rotatable bonds is 6. The normalized spacial score (nSPS) is 14.8. The van der Waals surface area contributed by atoms with E-state index >= 15 is 0 Å². The van der Waals surface area contributed by atoms with Gasteiger partial charge in [0.2, 0.25) is 0 Å². The highest BCUT2D eigenvalue weighted by Gasteiger charge is 2.32. The lowest BCUT2D eigenvalue weighted by atomic mass is 9.94. The van der Waals surface area contributed by atoms with Gasteiger partial charge in [-0.2, -0.15) is 0 Å². The Morgan fingerprint density at radius 3 is 2.53 bits per heavy atom. The summed E-state index contributed by atoms with van der Waals surface area (Å²) in [4.78, 5) is 53.0. The van der Waals surface area contributed by atoms with Crippen LogP contribution in [0.5, 0.6) is 0 Å². The molecule has 0 amide bonds. The van der Waals surface area contributed by atoms with E-state index in [-0.39, 0.29) is 18.9 Å². The molecule has 1 aromatic carbocycles. The Bertz CT molecular complexity index is 1320. The predicted molar refractivity (Wildman–Crippen MR) is 120 cm³/mol. The molecule has 8 nitrogen and oxygen atoms in total. The number of thiophene rings is 1. The number of Topliss-reactive ketones (excluding diaryl/α,β-unsaturated/α-hetero) is 1. The van der Waals surface area contributed by atoms with Crippen LogP contribution in [0.2, 0.25) is 0 Å². The van der Waals surface area contributed by atoms with Gasteiger partial charge < -0.3 is 9.47 Å². The molecule has 9 heteroatoms. The molecule has 3 heterocycles. The number of benzene rings is 1. The molecule has 0 fully saturated rings. The predicted octanol–water partition coefficient (Wildman–Crippen LogP) is 2.52. The summed E-state index contributed by atoms with van der Waals surface area (Å²) in [5.41, 5.74) is -0.457. The van der Waals surface area contributed by atoms with E-state index in [1.807, 2.05) is 13.8 Å². The highest BCUT2D eigenvalue weighted by atomic mass is 32.1. The first-order chi connectivity index (χ1) is 15.2. The summed E-state index contributed by atoms with van der Waals surface area (Å²) in [6, 6.07) is 8.65. The summed E-state index contributed by atoms with van der Waals surface area (Å²) in [6.45, 7) is 5.22. The number of hydrogen-bond donors (Lipinski definition) is 0. The van der Waals surface area contributed by atoms with E-state index in [1.54, 1.807) is 37.3 Å². The average Bonchev–Trinajstić information content (AvgIpc) is 3.12. The van der Waals surface area contributed by atoms with Gasteiger partial charge in [-0.05, 0) is 26.3 Å². The van der Waals surface area contributed by atoms with Crippen molar-refractivity contribution in [1.29, 1.82) is 0 Å². The van der Waals surface area contributed by atoms with Crippen molar-refractivity contribution in [1.82, 2.24) is 9.13 Å². The number of esters is 1. The number of ketones is 1. The first kappa shape index (κ1) is 22.2. The summed E-state index contributed by atoms with van der Waals surface area (Å²) >= 11 is 1.29. The van der Waals surface area contributed by atoms with Crippen molar-refractivity contribution in [3.63, 3.8) is 0 Å². The van der Waals surface area contributed by atoms with Crippen LogP contribution >= 0.6 is 11.3 Å². The minimum atomic E-state index is -0.710. The average molecular weight is 457 g/mol. The topological polar surface area (TPSA) is 96.6 Å². The second-order valence-corrected chi connectivity index (χ2v) is 9.35. The van der Waals surface area contributed by atoms with Crippen molar-refractivity contribution >= 4 is 33.3 Å². The van der Waals surface area contributed by atoms with Gasteiger partial charge in [-0.3, -0.25) is 19.0 Å². The summed E-state index contributed by atoms with van der Waals surface area (Å²) in [5, 5.41) is 0.367. The third-order valence-corrected chi connectivity index (χ3v) is 6.65. The lowest BCUT2D eigenvalue weighted by Gasteiger charge is -2.29. The molecule has 0 spiro atoms. The smallest absolute Gasteiger partial charge is 0.333 e. The van der Waals surface area contributed by atoms with E-state index in [0.29, 0.717) is 28.8 Å². The van der Waals surface area contributed by atoms with Crippen LogP contribution in [0.3, 0.4) is 0 Å². The summed E-state index contributed by atoms with van der Waals surface area (Å²) in [7, 11) is 0. The summed E-state index contributed by atoms with van der Waals surface area (Å²) < 4.78 is 13.0. The Kier molecular flexibility index (Phi) is 5.87. The van der Waals surface area contributed by atoms with Crippen LogP contribution in [0.4, 0.5) is 0 Å². The Hall–Kier alpha value is -3.04. The third kappa shape index (κ3) is 4.05. The number of carbonyl (C=O) groups excluding carboxylic acids is 2. The molecule has 0 radical (unpaired) electrons. The van der Waals surface area contributed by atoms with E-state index in [0.717, 1.165) is 15.0 Å². The fourth-order valence-corrected chi connectivity index (χ4v) is 5.09. The van der Waals surface area contributed by atoms with Gasteiger partial charge in [0.05, 0.1) is 30.7 Å². The van der Waals surface area contributed by atoms with Crippen molar-refractivity contribution in [2.24, 2.45) is 0 Å². The van der Waals surface area contributed by atoms with Crippen molar-refractivity contribution in [2.75, 3.05) is 6.61 Å². The van der Waals surface area contributed by atoms with Gasteiger partial charge in [0.15, 0.2) is 5.78 Å². The largest absolute Gasteiger partial charge is 0.465 e. The molecule has 1 aliphatic heterocycles. The van der Waals surface area contributed by atoms with Crippen LogP contribution in [-0.4, -0.2) is 33.1 Å². The first-order valence-electron chi connectivity index (χ1n) is 10.4. The van der Waals surface area contributed by atoms with Gasteiger partial charge in [0.1, 0.15) is 11.4 Å². The third-order valence-electron chi connectivity index (χ3n) is 5.42. The second kappa shape index (κ2) is 8.48. The molecule has 168 valence electrons. The Labute approximate surface area is 188 Å². The number of aromatic nitrogens is 2. The molecule has 4 rings (SSSR count). The number of fused-ring (bicyclic) bond motifs is 3. The van der Waals surface area contributed by atoms with Gasteiger partial charge in [0, 0.05) is 16.9 Å².